The number of carboxylic acid groups (broad SMARTS) is 1. The van der Waals surface area contributed by atoms with Crippen LogP contribution in [0.5, 0.6) is 0 Å². The Labute approximate surface area is 146 Å². The highest BCUT2D eigenvalue weighted by Crippen LogP contribution is 2.26. The van der Waals surface area contributed by atoms with Crippen molar-refractivity contribution in [2.45, 2.75) is 17.2 Å². The van der Waals surface area contributed by atoms with E-state index in [1.54, 1.807) is 42.5 Å². The largest absolute Gasteiger partial charge is 0.481 e. The Bertz CT molecular complexity index is 994. The summed E-state index contributed by atoms with van der Waals surface area (Å²) in [6, 6.07) is 21.5. The van der Waals surface area contributed by atoms with Gasteiger partial charge in [0.05, 0.1) is 17.1 Å². The van der Waals surface area contributed by atoms with Crippen molar-refractivity contribution in [3.63, 3.8) is 0 Å². The van der Waals surface area contributed by atoms with E-state index in [4.69, 9.17) is 5.11 Å². The smallest absolute Gasteiger partial charge is 0.303 e. The predicted octanol–water partition coefficient (Wildman–Crippen LogP) is 3.87. The molecule has 0 amide bonds. The lowest BCUT2D eigenvalue weighted by atomic mass is 9.98. The van der Waals surface area contributed by atoms with E-state index in [0.717, 1.165) is 10.8 Å². The van der Waals surface area contributed by atoms with E-state index in [0.29, 0.717) is 5.56 Å². The van der Waals surface area contributed by atoms with Crippen molar-refractivity contribution in [2.75, 3.05) is 5.75 Å². The third-order valence-corrected chi connectivity index (χ3v) is 6.01. The van der Waals surface area contributed by atoms with Gasteiger partial charge in [-0.2, -0.15) is 0 Å². The summed E-state index contributed by atoms with van der Waals surface area (Å²) in [5, 5.41) is 11.0. The second-order valence-corrected chi connectivity index (χ2v) is 8.03. The van der Waals surface area contributed by atoms with Crippen LogP contribution in [0.3, 0.4) is 0 Å². The summed E-state index contributed by atoms with van der Waals surface area (Å²) >= 11 is 0. The molecule has 0 saturated heterocycles. The maximum absolute atomic E-state index is 12.8. The Balaban J connectivity index is 1.95. The highest BCUT2D eigenvalue weighted by atomic mass is 32.2. The van der Waals surface area contributed by atoms with Gasteiger partial charge in [-0.05, 0) is 28.5 Å². The molecule has 0 aliphatic heterocycles. The molecule has 0 spiro atoms. The number of benzene rings is 3. The maximum atomic E-state index is 12.8. The van der Waals surface area contributed by atoms with E-state index in [9.17, 15) is 13.2 Å². The molecular formula is C20H18O4S. The fraction of sp³-hybridized carbons (Fsp3) is 0.150. The van der Waals surface area contributed by atoms with Gasteiger partial charge in [0.1, 0.15) is 0 Å². The fourth-order valence-electron chi connectivity index (χ4n) is 2.93. The van der Waals surface area contributed by atoms with Crippen LogP contribution in [0.1, 0.15) is 17.9 Å². The van der Waals surface area contributed by atoms with Crippen molar-refractivity contribution < 1.29 is 18.3 Å². The summed E-state index contributed by atoms with van der Waals surface area (Å²) in [5.41, 5.74) is 0.717. The van der Waals surface area contributed by atoms with Crippen molar-refractivity contribution in [3.05, 3.63) is 78.4 Å². The first kappa shape index (κ1) is 17.2. The molecule has 3 aromatic rings. The zero-order valence-electron chi connectivity index (χ0n) is 13.5. The first-order valence-electron chi connectivity index (χ1n) is 7.94. The minimum atomic E-state index is -3.61. The minimum absolute atomic E-state index is 0.220. The number of hydrogen-bond acceptors (Lipinski definition) is 3. The Morgan fingerprint density at radius 1 is 0.880 bits per heavy atom. The number of fused-ring (bicyclic) bond motifs is 1. The van der Waals surface area contributed by atoms with Crippen LogP contribution in [0.15, 0.2) is 77.7 Å². The van der Waals surface area contributed by atoms with Crippen molar-refractivity contribution >= 4 is 26.6 Å². The molecule has 0 saturated carbocycles. The molecule has 5 heteroatoms. The maximum Gasteiger partial charge on any atom is 0.303 e. The van der Waals surface area contributed by atoms with Crippen LogP contribution in [0.4, 0.5) is 0 Å². The van der Waals surface area contributed by atoms with Gasteiger partial charge in [0.2, 0.25) is 0 Å². The van der Waals surface area contributed by atoms with Crippen LogP contribution in [0.25, 0.3) is 10.8 Å². The fourth-order valence-corrected chi connectivity index (χ4v) is 4.55. The molecule has 3 rings (SSSR count). The third-order valence-electron chi connectivity index (χ3n) is 4.19. The van der Waals surface area contributed by atoms with Gasteiger partial charge in [-0.1, -0.05) is 60.7 Å². The SMILES string of the molecule is O=C(O)C[C@H](CS(=O)(=O)c1ccc2ccccc2c1)c1ccccc1. The highest BCUT2D eigenvalue weighted by molar-refractivity contribution is 7.91. The Morgan fingerprint density at radius 2 is 1.52 bits per heavy atom. The Hall–Kier alpha value is -2.66. The topological polar surface area (TPSA) is 71.4 Å². The molecule has 128 valence electrons. The number of carboxylic acids is 1. The normalized spacial score (nSPS) is 12.8. The van der Waals surface area contributed by atoms with E-state index in [2.05, 4.69) is 0 Å². The first-order chi connectivity index (χ1) is 12.0. The van der Waals surface area contributed by atoms with Crippen molar-refractivity contribution in [2.24, 2.45) is 0 Å². The van der Waals surface area contributed by atoms with Gasteiger partial charge in [0, 0.05) is 5.92 Å². The van der Waals surface area contributed by atoms with Crippen molar-refractivity contribution in [1.82, 2.24) is 0 Å². The first-order valence-corrected chi connectivity index (χ1v) is 9.59. The van der Waals surface area contributed by atoms with Gasteiger partial charge in [-0.25, -0.2) is 8.42 Å². The van der Waals surface area contributed by atoms with E-state index >= 15 is 0 Å². The molecule has 3 aromatic carbocycles. The quantitative estimate of drug-likeness (QED) is 0.729. The summed E-state index contributed by atoms with van der Waals surface area (Å²) in [7, 11) is -3.61. The Kier molecular flexibility index (Phi) is 4.86. The van der Waals surface area contributed by atoms with E-state index in [1.165, 1.54) is 0 Å². The summed E-state index contributed by atoms with van der Waals surface area (Å²) in [6.45, 7) is 0. The van der Waals surface area contributed by atoms with Crippen LogP contribution in [0.2, 0.25) is 0 Å². The van der Waals surface area contributed by atoms with Crippen molar-refractivity contribution in [3.8, 4) is 0 Å². The summed E-state index contributed by atoms with van der Waals surface area (Å²) in [5.74, 6) is -1.83. The van der Waals surface area contributed by atoms with Crippen LogP contribution >= 0.6 is 0 Å². The van der Waals surface area contributed by atoms with Gasteiger partial charge in [0.15, 0.2) is 9.84 Å². The van der Waals surface area contributed by atoms with E-state index < -0.39 is 21.7 Å². The second-order valence-electron chi connectivity index (χ2n) is 6.00. The second kappa shape index (κ2) is 7.07. The van der Waals surface area contributed by atoms with Crippen LogP contribution in [-0.2, 0) is 14.6 Å². The number of sulfone groups is 1. The molecule has 0 fully saturated rings. The molecule has 0 aliphatic carbocycles. The summed E-state index contributed by atoms with van der Waals surface area (Å²) in [4.78, 5) is 11.4. The van der Waals surface area contributed by atoms with Crippen molar-refractivity contribution in [1.29, 1.82) is 0 Å². The summed E-state index contributed by atoms with van der Waals surface area (Å²) < 4.78 is 25.7. The molecule has 1 atom stereocenters. The van der Waals surface area contributed by atoms with E-state index in [-0.39, 0.29) is 17.1 Å². The van der Waals surface area contributed by atoms with E-state index in [1.807, 2.05) is 30.3 Å². The zero-order valence-corrected chi connectivity index (χ0v) is 14.3. The number of hydrogen-bond donors (Lipinski definition) is 1. The van der Waals surface area contributed by atoms with Crippen LogP contribution in [0, 0.1) is 0 Å². The predicted molar refractivity (Wildman–Crippen MR) is 97.4 cm³/mol. The minimum Gasteiger partial charge on any atom is -0.481 e. The average molecular weight is 354 g/mol. The van der Waals surface area contributed by atoms with Gasteiger partial charge in [0.25, 0.3) is 0 Å². The van der Waals surface area contributed by atoms with Gasteiger partial charge >= 0.3 is 5.97 Å². The molecular weight excluding hydrogens is 336 g/mol. The monoisotopic (exact) mass is 354 g/mol. The molecule has 0 aromatic heterocycles. The van der Waals surface area contributed by atoms with Crippen LogP contribution in [-0.4, -0.2) is 25.2 Å². The van der Waals surface area contributed by atoms with Gasteiger partial charge in [-0.3, -0.25) is 4.79 Å². The Morgan fingerprint density at radius 3 is 2.20 bits per heavy atom. The highest BCUT2D eigenvalue weighted by Gasteiger charge is 2.25. The summed E-state index contributed by atoms with van der Waals surface area (Å²) in [6.07, 6.45) is -0.225. The third kappa shape index (κ3) is 4.06. The number of rotatable bonds is 6. The standard InChI is InChI=1S/C20H18O4S/c21-20(22)13-18(15-6-2-1-3-7-15)14-25(23,24)19-11-10-16-8-4-5-9-17(16)12-19/h1-12,18H,13-14H2,(H,21,22)/t18-/m1/s1. The number of carbonyl (C=O) groups is 1. The molecule has 0 radical (unpaired) electrons. The molecule has 1 N–H and O–H groups in total. The lowest BCUT2D eigenvalue weighted by molar-refractivity contribution is -0.137. The molecule has 0 unspecified atom stereocenters. The lowest BCUT2D eigenvalue weighted by Crippen LogP contribution is -2.18. The molecule has 0 heterocycles. The molecule has 0 bridgehead atoms. The van der Waals surface area contributed by atoms with Gasteiger partial charge < -0.3 is 5.11 Å². The zero-order chi connectivity index (χ0) is 17.9. The molecule has 0 aliphatic rings. The lowest BCUT2D eigenvalue weighted by Gasteiger charge is -2.16. The molecule has 25 heavy (non-hydrogen) atoms. The molecule has 4 nitrogen and oxygen atoms in total. The van der Waals surface area contributed by atoms with Crippen LogP contribution < -0.4 is 0 Å². The average Bonchev–Trinajstić information content (AvgIpc) is 2.61. The van der Waals surface area contributed by atoms with Gasteiger partial charge in [-0.15, -0.1) is 0 Å². The number of aliphatic carboxylic acids is 1.